The second-order valence-corrected chi connectivity index (χ2v) is 6.28. The summed E-state index contributed by atoms with van der Waals surface area (Å²) in [6.07, 6.45) is 1.05. The molecule has 0 amide bonds. The van der Waals surface area contributed by atoms with Crippen LogP contribution in [0.2, 0.25) is 0 Å². The highest BCUT2D eigenvalue weighted by Gasteiger charge is 2.08. The highest BCUT2D eigenvalue weighted by Crippen LogP contribution is 2.23. The minimum atomic E-state index is 0.319. The largest absolute Gasteiger partial charge is 0.357 e. The minimum absolute atomic E-state index is 0.319. The van der Waals surface area contributed by atoms with E-state index in [9.17, 15) is 0 Å². The number of nitrogens with one attached hydrogen (secondary N) is 2. The SMILES string of the molecule is CC(NCCc1ccccc1)c1cc2cc(Br)ccc2[nH]1. The molecule has 108 valence electrons. The number of fused-ring (bicyclic) bond motifs is 1. The van der Waals surface area contributed by atoms with E-state index in [4.69, 9.17) is 0 Å². The lowest BCUT2D eigenvalue weighted by Gasteiger charge is -2.12. The molecule has 1 aromatic heterocycles. The monoisotopic (exact) mass is 342 g/mol. The van der Waals surface area contributed by atoms with Gasteiger partial charge >= 0.3 is 0 Å². The molecule has 21 heavy (non-hydrogen) atoms. The fourth-order valence-electron chi connectivity index (χ4n) is 2.55. The number of halogens is 1. The molecule has 2 aromatic carbocycles. The Morgan fingerprint density at radius 1 is 1.10 bits per heavy atom. The Hall–Kier alpha value is -1.58. The molecule has 3 rings (SSSR count). The predicted octanol–water partition coefficient (Wildman–Crippen LogP) is 4.82. The molecule has 1 atom stereocenters. The van der Waals surface area contributed by atoms with Crippen LogP contribution in [0, 0.1) is 0 Å². The van der Waals surface area contributed by atoms with E-state index in [1.807, 2.05) is 0 Å². The van der Waals surface area contributed by atoms with Gasteiger partial charge in [-0.1, -0.05) is 46.3 Å². The number of aromatic nitrogens is 1. The molecule has 3 aromatic rings. The van der Waals surface area contributed by atoms with Gasteiger partial charge in [0.15, 0.2) is 0 Å². The van der Waals surface area contributed by atoms with Gasteiger partial charge in [-0.2, -0.15) is 0 Å². The zero-order valence-corrected chi connectivity index (χ0v) is 13.7. The Balaban J connectivity index is 1.62. The molecule has 0 fully saturated rings. The van der Waals surface area contributed by atoms with Gasteiger partial charge < -0.3 is 10.3 Å². The Bertz CT molecular complexity index is 718. The molecule has 2 N–H and O–H groups in total. The van der Waals surface area contributed by atoms with Crippen LogP contribution >= 0.6 is 15.9 Å². The van der Waals surface area contributed by atoms with Crippen LogP contribution < -0.4 is 5.32 Å². The van der Waals surface area contributed by atoms with Crippen LogP contribution in [0.25, 0.3) is 10.9 Å². The third-order valence-electron chi connectivity index (χ3n) is 3.78. The van der Waals surface area contributed by atoms with Gasteiger partial charge in [0.25, 0.3) is 0 Å². The zero-order chi connectivity index (χ0) is 14.7. The molecule has 2 nitrogen and oxygen atoms in total. The number of rotatable bonds is 5. The van der Waals surface area contributed by atoms with Crippen molar-refractivity contribution in [3.63, 3.8) is 0 Å². The van der Waals surface area contributed by atoms with E-state index in [0.29, 0.717) is 6.04 Å². The molecular weight excluding hydrogens is 324 g/mol. The van der Waals surface area contributed by atoms with Crippen LogP contribution in [0.4, 0.5) is 0 Å². The molecule has 0 saturated carbocycles. The van der Waals surface area contributed by atoms with E-state index in [1.54, 1.807) is 0 Å². The Morgan fingerprint density at radius 3 is 2.71 bits per heavy atom. The van der Waals surface area contributed by atoms with Gasteiger partial charge in [-0.05, 0) is 49.7 Å². The highest BCUT2D eigenvalue weighted by molar-refractivity contribution is 9.10. The van der Waals surface area contributed by atoms with Crippen LogP contribution in [0.3, 0.4) is 0 Å². The van der Waals surface area contributed by atoms with E-state index >= 15 is 0 Å². The standard InChI is InChI=1S/C18H19BrN2/c1-13(20-10-9-14-5-3-2-4-6-14)18-12-15-11-16(19)7-8-17(15)21-18/h2-8,11-13,20-21H,9-10H2,1H3. The predicted molar refractivity (Wildman–Crippen MR) is 92.6 cm³/mol. The summed E-state index contributed by atoms with van der Waals surface area (Å²) in [5, 5.41) is 4.83. The summed E-state index contributed by atoms with van der Waals surface area (Å²) in [6.45, 7) is 3.18. The zero-order valence-electron chi connectivity index (χ0n) is 12.1. The molecular formula is C18H19BrN2. The Kier molecular flexibility index (Phi) is 4.42. The number of hydrogen-bond donors (Lipinski definition) is 2. The lowest BCUT2D eigenvalue weighted by Crippen LogP contribution is -2.21. The summed E-state index contributed by atoms with van der Waals surface area (Å²) in [4.78, 5) is 3.49. The second kappa shape index (κ2) is 6.46. The van der Waals surface area contributed by atoms with Crippen molar-refractivity contribution >= 4 is 26.8 Å². The summed E-state index contributed by atoms with van der Waals surface area (Å²) >= 11 is 3.52. The van der Waals surface area contributed by atoms with Gasteiger partial charge in [-0.15, -0.1) is 0 Å². The van der Waals surface area contributed by atoms with Crippen LogP contribution in [0.5, 0.6) is 0 Å². The van der Waals surface area contributed by atoms with Gasteiger partial charge in [0.2, 0.25) is 0 Å². The van der Waals surface area contributed by atoms with Crippen molar-refractivity contribution in [3.05, 3.63) is 70.3 Å². The summed E-state index contributed by atoms with van der Waals surface area (Å²) in [5.41, 5.74) is 3.79. The van der Waals surface area contributed by atoms with Gasteiger partial charge in [-0.3, -0.25) is 0 Å². The maximum atomic E-state index is 3.58. The van der Waals surface area contributed by atoms with E-state index < -0.39 is 0 Å². The van der Waals surface area contributed by atoms with Crippen LogP contribution in [0.15, 0.2) is 59.1 Å². The van der Waals surface area contributed by atoms with Crippen molar-refractivity contribution in [2.75, 3.05) is 6.54 Å². The van der Waals surface area contributed by atoms with Crippen LogP contribution in [0.1, 0.15) is 24.2 Å². The van der Waals surface area contributed by atoms with Crippen LogP contribution in [-0.2, 0) is 6.42 Å². The third-order valence-corrected chi connectivity index (χ3v) is 4.27. The lowest BCUT2D eigenvalue weighted by atomic mass is 10.1. The molecule has 0 aliphatic carbocycles. The van der Waals surface area contributed by atoms with Gasteiger partial charge in [-0.25, -0.2) is 0 Å². The van der Waals surface area contributed by atoms with Crippen molar-refractivity contribution in [3.8, 4) is 0 Å². The molecule has 1 unspecified atom stereocenters. The number of H-pyrrole nitrogens is 1. The first kappa shape index (κ1) is 14.4. The second-order valence-electron chi connectivity index (χ2n) is 5.37. The Labute approximate surface area is 133 Å². The fourth-order valence-corrected chi connectivity index (χ4v) is 2.93. The minimum Gasteiger partial charge on any atom is -0.357 e. The van der Waals surface area contributed by atoms with E-state index in [2.05, 4.69) is 87.8 Å². The number of aromatic amines is 1. The normalized spacial score (nSPS) is 12.7. The molecule has 0 spiro atoms. The van der Waals surface area contributed by atoms with E-state index in [0.717, 1.165) is 17.4 Å². The summed E-state index contributed by atoms with van der Waals surface area (Å²) in [6, 6.07) is 19.5. The average molecular weight is 343 g/mol. The number of hydrogen-bond acceptors (Lipinski definition) is 1. The van der Waals surface area contributed by atoms with Crippen molar-refractivity contribution < 1.29 is 0 Å². The van der Waals surface area contributed by atoms with Gasteiger partial charge in [0.1, 0.15) is 0 Å². The molecule has 1 heterocycles. The maximum Gasteiger partial charge on any atom is 0.0457 e. The summed E-state index contributed by atoms with van der Waals surface area (Å²) < 4.78 is 1.12. The van der Waals surface area contributed by atoms with Crippen LogP contribution in [-0.4, -0.2) is 11.5 Å². The molecule has 3 heteroatoms. The number of benzene rings is 2. The smallest absolute Gasteiger partial charge is 0.0457 e. The third kappa shape index (κ3) is 3.55. The maximum absolute atomic E-state index is 3.58. The molecule has 0 aliphatic heterocycles. The molecule has 0 aliphatic rings. The first-order valence-corrected chi connectivity index (χ1v) is 8.07. The summed E-state index contributed by atoms with van der Waals surface area (Å²) in [7, 11) is 0. The molecule has 0 radical (unpaired) electrons. The average Bonchev–Trinajstić information content (AvgIpc) is 2.91. The van der Waals surface area contributed by atoms with Crippen molar-refractivity contribution in [1.29, 1.82) is 0 Å². The topological polar surface area (TPSA) is 27.8 Å². The van der Waals surface area contributed by atoms with Gasteiger partial charge in [0.05, 0.1) is 0 Å². The molecule has 0 saturated heterocycles. The molecule has 0 bridgehead atoms. The quantitative estimate of drug-likeness (QED) is 0.683. The first-order valence-electron chi connectivity index (χ1n) is 7.28. The van der Waals surface area contributed by atoms with E-state index in [-0.39, 0.29) is 0 Å². The van der Waals surface area contributed by atoms with E-state index in [1.165, 1.54) is 22.2 Å². The van der Waals surface area contributed by atoms with Crippen molar-refractivity contribution in [2.45, 2.75) is 19.4 Å². The highest BCUT2D eigenvalue weighted by atomic mass is 79.9. The van der Waals surface area contributed by atoms with Crippen molar-refractivity contribution in [2.24, 2.45) is 0 Å². The lowest BCUT2D eigenvalue weighted by molar-refractivity contribution is 0.567. The first-order chi connectivity index (χ1) is 10.2. The van der Waals surface area contributed by atoms with Crippen molar-refractivity contribution in [1.82, 2.24) is 10.3 Å². The van der Waals surface area contributed by atoms with Gasteiger partial charge in [0, 0.05) is 27.1 Å². The Morgan fingerprint density at radius 2 is 1.90 bits per heavy atom. The fraction of sp³-hybridized carbons (Fsp3) is 0.222. The summed E-state index contributed by atoms with van der Waals surface area (Å²) in [5.74, 6) is 0.